The number of pyridine rings is 1. The second kappa shape index (κ2) is 5.69. The zero-order valence-corrected chi connectivity index (χ0v) is 11.1. The SMILES string of the molecule is CNC(C)c1ccc(N(C)Cc2ccco2)cn1. The van der Waals surface area contributed by atoms with Gasteiger partial charge in [0.15, 0.2) is 0 Å². The lowest BCUT2D eigenvalue weighted by molar-refractivity contribution is 0.507. The van der Waals surface area contributed by atoms with Crippen LogP contribution < -0.4 is 10.2 Å². The molecule has 0 aliphatic heterocycles. The summed E-state index contributed by atoms with van der Waals surface area (Å²) in [5, 5.41) is 3.18. The van der Waals surface area contributed by atoms with Gasteiger partial charge < -0.3 is 14.6 Å². The lowest BCUT2D eigenvalue weighted by Gasteiger charge is -2.18. The molecule has 0 saturated heterocycles. The van der Waals surface area contributed by atoms with Gasteiger partial charge in [-0.05, 0) is 38.2 Å². The average molecular weight is 245 g/mol. The maximum atomic E-state index is 5.33. The van der Waals surface area contributed by atoms with Crippen LogP contribution in [-0.4, -0.2) is 19.1 Å². The number of nitrogens with zero attached hydrogens (tertiary/aromatic N) is 2. The number of anilines is 1. The molecule has 1 N–H and O–H groups in total. The Kier molecular flexibility index (Phi) is 3.99. The van der Waals surface area contributed by atoms with Crippen LogP contribution in [0.5, 0.6) is 0 Å². The third-order valence-electron chi connectivity index (χ3n) is 3.06. The second-order valence-corrected chi connectivity index (χ2v) is 4.39. The van der Waals surface area contributed by atoms with E-state index >= 15 is 0 Å². The van der Waals surface area contributed by atoms with E-state index in [1.54, 1.807) is 6.26 Å². The van der Waals surface area contributed by atoms with E-state index in [0.717, 1.165) is 23.7 Å². The molecule has 4 nitrogen and oxygen atoms in total. The van der Waals surface area contributed by atoms with Crippen LogP contribution in [0.1, 0.15) is 24.4 Å². The number of aromatic nitrogens is 1. The van der Waals surface area contributed by atoms with Gasteiger partial charge in [-0.1, -0.05) is 0 Å². The molecule has 0 saturated carbocycles. The van der Waals surface area contributed by atoms with Crippen LogP contribution in [0.15, 0.2) is 41.1 Å². The van der Waals surface area contributed by atoms with E-state index in [4.69, 9.17) is 4.42 Å². The summed E-state index contributed by atoms with van der Waals surface area (Å²) >= 11 is 0. The molecule has 0 aliphatic rings. The fraction of sp³-hybridized carbons (Fsp3) is 0.357. The first-order valence-electron chi connectivity index (χ1n) is 6.07. The zero-order chi connectivity index (χ0) is 13.0. The normalized spacial score (nSPS) is 12.4. The third kappa shape index (κ3) is 2.90. The monoisotopic (exact) mass is 245 g/mol. The van der Waals surface area contributed by atoms with Crippen molar-refractivity contribution in [3.63, 3.8) is 0 Å². The minimum absolute atomic E-state index is 0.273. The van der Waals surface area contributed by atoms with E-state index < -0.39 is 0 Å². The largest absolute Gasteiger partial charge is 0.467 e. The van der Waals surface area contributed by atoms with Crippen LogP contribution in [-0.2, 0) is 6.54 Å². The predicted octanol–water partition coefficient (Wildman–Crippen LogP) is 2.59. The molecule has 0 spiro atoms. The van der Waals surface area contributed by atoms with Crippen molar-refractivity contribution in [1.82, 2.24) is 10.3 Å². The molecule has 2 rings (SSSR count). The first-order valence-corrected chi connectivity index (χ1v) is 6.07. The summed E-state index contributed by atoms with van der Waals surface area (Å²) < 4.78 is 5.33. The molecule has 1 unspecified atom stereocenters. The van der Waals surface area contributed by atoms with Gasteiger partial charge in [0, 0.05) is 13.1 Å². The molecular weight excluding hydrogens is 226 g/mol. The molecule has 2 heterocycles. The number of furan rings is 1. The summed E-state index contributed by atoms with van der Waals surface area (Å²) in [4.78, 5) is 6.58. The number of rotatable bonds is 5. The van der Waals surface area contributed by atoms with Crippen LogP contribution in [0, 0.1) is 0 Å². The van der Waals surface area contributed by atoms with Gasteiger partial charge in [-0.25, -0.2) is 0 Å². The highest BCUT2D eigenvalue weighted by Gasteiger charge is 2.07. The van der Waals surface area contributed by atoms with Gasteiger partial charge in [-0.2, -0.15) is 0 Å². The van der Waals surface area contributed by atoms with E-state index in [-0.39, 0.29) is 6.04 Å². The second-order valence-electron chi connectivity index (χ2n) is 4.39. The summed E-state index contributed by atoms with van der Waals surface area (Å²) in [5.74, 6) is 0.949. The Labute approximate surface area is 108 Å². The predicted molar refractivity (Wildman–Crippen MR) is 72.5 cm³/mol. The Morgan fingerprint density at radius 1 is 1.39 bits per heavy atom. The van der Waals surface area contributed by atoms with Crippen molar-refractivity contribution in [3.8, 4) is 0 Å². The molecule has 0 aromatic carbocycles. The van der Waals surface area contributed by atoms with E-state index in [1.807, 2.05) is 32.4 Å². The molecule has 0 radical (unpaired) electrons. The molecule has 0 fully saturated rings. The van der Waals surface area contributed by atoms with E-state index in [0.29, 0.717) is 0 Å². The van der Waals surface area contributed by atoms with Gasteiger partial charge in [-0.15, -0.1) is 0 Å². The van der Waals surface area contributed by atoms with E-state index in [2.05, 4.69) is 34.3 Å². The molecule has 0 amide bonds. The van der Waals surface area contributed by atoms with Gasteiger partial charge in [0.05, 0.1) is 30.4 Å². The van der Waals surface area contributed by atoms with Gasteiger partial charge >= 0.3 is 0 Å². The molecular formula is C14H19N3O. The van der Waals surface area contributed by atoms with Crippen molar-refractivity contribution in [2.24, 2.45) is 0 Å². The van der Waals surface area contributed by atoms with Crippen molar-refractivity contribution >= 4 is 5.69 Å². The van der Waals surface area contributed by atoms with Crippen LogP contribution >= 0.6 is 0 Å². The zero-order valence-electron chi connectivity index (χ0n) is 11.1. The molecule has 4 heteroatoms. The van der Waals surface area contributed by atoms with Gasteiger partial charge in [-0.3, -0.25) is 4.98 Å². The average Bonchev–Trinajstić information content (AvgIpc) is 2.91. The van der Waals surface area contributed by atoms with Crippen molar-refractivity contribution in [2.75, 3.05) is 19.0 Å². The van der Waals surface area contributed by atoms with Gasteiger partial charge in [0.1, 0.15) is 5.76 Å². The third-order valence-corrected chi connectivity index (χ3v) is 3.06. The quantitative estimate of drug-likeness (QED) is 0.879. The molecule has 0 aliphatic carbocycles. The van der Waals surface area contributed by atoms with Crippen LogP contribution in [0.4, 0.5) is 5.69 Å². The first-order chi connectivity index (χ1) is 8.70. The Bertz CT molecular complexity index is 464. The Morgan fingerprint density at radius 2 is 2.22 bits per heavy atom. The first kappa shape index (κ1) is 12.6. The number of nitrogens with one attached hydrogen (secondary N) is 1. The standard InChI is InChI=1S/C14H19N3O/c1-11(15-2)14-7-6-12(9-16-14)17(3)10-13-5-4-8-18-13/h4-9,11,15H,10H2,1-3H3. The summed E-state index contributed by atoms with van der Waals surface area (Å²) in [6.07, 6.45) is 3.59. The fourth-order valence-corrected chi connectivity index (χ4v) is 1.75. The highest BCUT2D eigenvalue weighted by Crippen LogP contribution is 2.17. The Balaban J connectivity index is 2.04. The number of hydrogen-bond acceptors (Lipinski definition) is 4. The van der Waals surface area contributed by atoms with Crippen molar-refractivity contribution in [3.05, 3.63) is 48.2 Å². The van der Waals surface area contributed by atoms with Crippen molar-refractivity contribution in [1.29, 1.82) is 0 Å². The number of hydrogen-bond donors (Lipinski definition) is 1. The minimum atomic E-state index is 0.273. The lowest BCUT2D eigenvalue weighted by atomic mass is 10.2. The summed E-state index contributed by atoms with van der Waals surface area (Å²) in [6.45, 7) is 2.84. The fourth-order valence-electron chi connectivity index (χ4n) is 1.75. The highest BCUT2D eigenvalue weighted by atomic mass is 16.3. The molecule has 2 aromatic heterocycles. The van der Waals surface area contributed by atoms with Crippen molar-refractivity contribution in [2.45, 2.75) is 19.5 Å². The summed E-state index contributed by atoms with van der Waals surface area (Å²) in [6, 6.07) is 8.28. The van der Waals surface area contributed by atoms with Crippen molar-refractivity contribution < 1.29 is 4.42 Å². The van der Waals surface area contributed by atoms with E-state index in [1.165, 1.54) is 0 Å². The molecule has 2 aromatic rings. The molecule has 1 atom stereocenters. The Morgan fingerprint density at radius 3 is 2.78 bits per heavy atom. The summed E-state index contributed by atoms with van der Waals surface area (Å²) in [7, 11) is 3.96. The van der Waals surface area contributed by atoms with Gasteiger partial charge in [0.25, 0.3) is 0 Å². The van der Waals surface area contributed by atoms with Crippen LogP contribution in [0.2, 0.25) is 0 Å². The smallest absolute Gasteiger partial charge is 0.123 e. The van der Waals surface area contributed by atoms with Crippen LogP contribution in [0.25, 0.3) is 0 Å². The molecule has 96 valence electrons. The maximum absolute atomic E-state index is 5.33. The minimum Gasteiger partial charge on any atom is -0.467 e. The maximum Gasteiger partial charge on any atom is 0.123 e. The van der Waals surface area contributed by atoms with E-state index in [9.17, 15) is 0 Å². The highest BCUT2D eigenvalue weighted by molar-refractivity contribution is 5.44. The summed E-state index contributed by atoms with van der Waals surface area (Å²) in [5.41, 5.74) is 2.13. The molecule has 18 heavy (non-hydrogen) atoms. The molecule has 0 bridgehead atoms. The van der Waals surface area contributed by atoms with Crippen LogP contribution in [0.3, 0.4) is 0 Å². The topological polar surface area (TPSA) is 41.3 Å². The lowest BCUT2D eigenvalue weighted by Crippen LogP contribution is -2.17. The van der Waals surface area contributed by atoms with Gasteiger partial charge in [0.2, 0.25) is 0 Å². The Hall–Kier alpha value is -1.81.